The maximum atomic E-state index is 12.4. The van der Waals surface area contributed by atoms with Crippen molar-refractivity contribution in [3.63, 3.8) is 0 Å². The van der Waals surface area contributed by atoms with Crippen LogP contribution in [0.4, 0.5) is 5.69 Å². The number of benzene rings is 2. The normalized spacial score (nSPS) is 15.9. The van der Waals surface area contributed by atoms with Crippen molar-refractivity contribution in [2.75, 3.05) is 52.3 Å². The minimum Gasteiger partial charge on any atom is -0.495 e. The predicted molar refractivity (Wildman–Crippen MR) is 121 cm³/mol. The number of piperazine rings is 1. The average Bonchev–Trinajstić information content (AvgIpc) is 2.76. The second kappa shape index (κ2) is 10.8. The zero-order valence-electron chi connectivity index (χ0n) is 17.4. The lowest BCUT2D eigenvalue weighted by Crippen LogP contribution is -2.51. The van der Waals surface area contributed by atoms with Crippen LogP contribution in [-0.2, 0) is 14.3 Å². The van der Waals surface area contributed by atoms with E-state index in [0.717, 1.165) is 5.56 Å². The van der Waals surface area contributed by atoms with Gasteiger partial charge in [0, 0.05) is 36.9 Å². The summed E-state index contributed by atoms with van der Waals surface area (Å²) in [6.45, 7) is 2.81. The van der Waals surface area contributed by atoms with Gasteiger partial charge in [-0.2, -0.15) is 0 Å². The van der Waals surface area contributed by atoms with Gasteiger partial charge in [-0.05, 0) is 35.9 Å². The van der Waals surface area contributed by atoms with Gasteiger partial charge in [0.15, 0.2) is 0 Å². The van der Waals surface area contributed by atoms with Gasteiger partial charge in [0.1, 0.15) is 11.8 Å². The average molecular weight is 466 g/mol. The lowest BCUT2D eigenvalue weighted by atomic mass is 10.0. The van der Waals surface area contributed by atoms with Crippen LogP contribution in [0.2, 0.25) is 10.0 Å². The molecule has 1 aliphatic rings. The molecule has 1 fully saturated rings. The highest BCUT2D eigenvalue weighted by molar-refractivity contribution is 6.32. The highest BCUT2D eigenvalue weighted by Gasteiger charge is 2.31. The number of halogens is 2. The third-order valence-corrected chi connectivity index (χ3v) is 5.73. The number of rotatable bonds is 7. The Morgan fingerprint density at radius 2 is 1.71 bits per heavy atom. The Morgan fingerprint density at radius 3 is 2.29 bits per heavy atom. The Hall–Kier alpha value is -2.32. The van der Waals surface area contributed by atoms with Crippen molar-refractivity contribution in [1.29, 1.82) is 0 Å². The molecule has 1 atom stereocenters. The van der Waals surface area contributed by atoms with Gasteiger partial charge in [0.05, 0.1) is 25.8 Å². The quantitative estimate of drug-likeness (QED) is 0.631. The van der Waals surface area contributed by atoms with Gasteiger partial charge in [-0.25, -0.2) is 4.79 Å². The van der Waals surface area contributed by atoms with Crippen molar-refractivity contribution < 1.29 is 19.1 Å². The Labute approximate surface area is 191 Å². The van der Waals surface area contributed by atoms with Gasteiger partial charge in [0.25, 0.3) is 0 Å². The minimum absolute atomic E-state index is 0.128. The van der Waals surface area contributed by atoms with Gasteiger partial charge in [0.2, 0.25) is 5.91 Å². The SMILES string of the molecule is COC(=O)C(c1ccc(Cl)cc1)N1CCN(CC(=O)Nc2ccc(OC)c(Cl)c2)CC1. The van der Waals surface area contributed by atoms with Crippen molar-refractivity contribution in [2.45, 2.75) is 6.04 Å². The fourth-order valence-corrected chi connectivity index (χ4v) is 3.96. The van der Waals surface area contributed by atoms with Crippen molar-refractivity contribution in [2.24, 2.45) is 0 Å². The summed E-state index contributed by atoms with van der Waals surface area (Å²) in [6, 6.07) is 11.8. The molecule has 166 valence electrons. The second-order valence-electron chi connectivity index (χ2n) is 7.19. The van der Waals surface area contributed by atoms with E-state index >= 15 is 0 Å². The van der Waals surface area contributed by atoms with E-state index < -0.39 is 6.04 Å². The van der Waals surface area contributed by atoms with Crippen molar-refractivity contribution in [3.05, 3.63) is 58.1 Å². The number of nitrogens with one attached hydrogen (secondary N) is 1. The number of hydrogen-bond donors (Lipinski definition) is 1. The molecule has 1 heterocycles. The highest BCUT2D eigenvalue weighted by Crippen LogP contribution is 2.27. The van der Waals surface area contributed by atoms with Crippen molar-refractivity contribution >= 4 is 40.8 Å². The first-order valence-corrected chi connectivity index (χ1v) is 10.6. The fourth-order valence-electron chi connectivity index (χ4n) is 3.58. The maximum Gasteiger partial charge on any atom is 0.327 e. The molecule has 31 heavy (non-hydrogen) atoms. The van der Waals surface area contributed by atoms with Crippen LogP contribution in [0.5, 0.6) is 5.75 Å². The van der Waals surface area contributed by atoms with Crippen LogP contribution in [0.3, 0.4) is 0 Å². The zero-order chi connectivity index (χ0) is 22.4. The highest BCUT2D eigenvalue weighted by atomic mass is 35.5. The maximum absolute atomic E-state index is 12.4. The van der Waals surface area contributed by atoms with Gasteiger partial charge >= 0.3 is 5.97 Å². The van der Waals surface area contributed by atoms with E-state index in [-0.39, 0.29) is 18.4 Å². The van der Waals surface area contributed by atoms with Crippen LogP contribution in [0.25, 0.3) is 0 Å². The number of carbonyl (C=O) groups is 2. The molecule has 1 unspecified atom stereocenters. The van der Waals surface area contributed by atoms with E-state index in [0.29, 0.717) is 47.7 Å². The molecule has 2 aromatic rings. The van der Waals surface area contributed by atoms with Gasteiger partial charge in [-0.15, -0.1) is 0 Å². The number of anilines is 1. The zero-order valence-corrected chi connectivity index (χ0v) is 18.9. The first-order chi connectivity index (χ1) is 14.9. The Morgan fingerprint density at radius 1 is 1.03 bits per heavy atom. The summed E-state index contributed by atoms with van der Waals surface area (Å²) in [6.07, 6.45) is 0. The van der Waals surface area contributed by atoms with E-state index in [1.807, 2.05) is 17.0 Å². The summed E-state index contributed by atoms with van der Waals surface area (Å²) in [4.78, 5) is 29.0. The topological polar surface area (TPSA) is 71.1 Å². The first kappa shape index (κ1) is 23.3. The molecule has 0 aliphatic carbocycles. The Balaban J connectivity index is 1.56. The molecule has 0 spiro atoms. The predicted octanol–water partition coefficient (Wildman–Crippen LogP) is 3.47. The molecule has 1 N–H and O–H groups in total. The summed E-state index contributed by atoms with van der Waals surface area (Å²) in [5.74, 6) is 0.110. The molecular weight excluding hydrogens is 441 g/mol. The van der Waals surface area contributed by atoms with Crippen LogP contribution in [0.1, 0.15) is 11.6 Å². The summed E-state index contributed by atoms with van der Waals surface area (Å²) in [5, 5.41) is 3.90. The van der Waals surface area contributed by atoms with Gasteiger partial charge in [-0.1, -0.05) is 35.3 Å². The van der Waals surface area contributed by atoms with Crippen LogP contribution in [-0.4, -0.2) is 68.6 Å². The number of ether oxygens (including phenoxy) is 2. The Bertz CT molecular complexity index is 915. The van der Waals surface area contributed by atoms with Crippen molar-refractivity contribution in [1.82, 2.24) is 9.80 Å². The standard InChI is InChI=1S/C22H25Cl2N3O4/c1-30-19-8-7-17(13-18(19)24)25-20(28)14-26-9-11-27(12-10-26)21(22(29)31-2)15-3-5-16(23)6-4-15/h3-8,13,21H,9-12,14H2,1-2H3,(H,25,28). The molecule has 2 aromatic carbocycles. The Kier molecular flexibility index (Phi) is 8.15. The molecule has 1 amide bonds. The smallest absolute Gasteiger partial charge is 0.327 e. The number of methoxy groups -OCH3 is 2. The van der Waals surface area contributed by atoms with Gasteiger partial charge < -0.3 is 14.8 Å². The monoisotopic (exact) mass is 465 g/mol. The molecule has 9 heteroatoms. The molecule has 0 radical (unpaired) electrons. The summed E-state index contributed by atoms with van der Waals surface area (Å²) in [7, 11) is 2.92. The molecular formula is C22H25Cl2N3O4. The lowest BCUT2D eigenvalue weighted by molar-refractivity contribution is -0.148. The number of carbonyl (C=O) groups excluding carboxylic acids is 2. The van der Waals surface area contributed by atoms with Crippen LogP contribution in [0, 0.1) is 0 Å². The minimum atomic E-state index is -0.500. The first-order valence-electron chi connectivity index (χ1n) is 9.84. The molecule has 0 bridgehead atoms. The van der Waals surface area contributed by atoms with Crippen LogP contribution >= 0.6 is 23.2 Å². The van der Waals surface area contributed by atoms with Crippen LogP contribution < -0.4 is 10.1 Å². The van der Waals surface area contributed by atoms with E-state index in [2.05, 4.69) is 10.2 Å². The second-order valence-corrected chi connectivity index (χ2v) is 8.03. The lowest BCUT2D eigenvalue weighted by Gasteiger charge is -2.38. The fraction of sp³-hybridized carbons (Fsp3) is 0.364. The number of amides is 1. The molecule has 7 nitrogen and oxygen atoms in total. The molecule has 0 aromatic heterocycles. The number of nitrogens with zero attached hydrogens (tertiary/aromatic N) is 2. The molecule has 1 aliphatic heterocycles. The van der Waals surface area contributed by atoms with Gasteiger partial charge in [-0.3, -0.25) is 14.6 Å². The summed E-state index contributed by atoms with van der Waals surface area (Å²) >= 11 is 12.1. The van der Waals surface area contributed by atoms with Crippen molar-refractivity contribution in [3.8, 4) is 5.75 Å². The number of esters is 1. The summed E-state index contributed by atoms with van der Waals surface area (Å²) < 4.78 is 10.1. The van der Waals surface area contributed by atoms with E-state index in [1.165, 1.54) is 14.2 Å². The molecule has 0 saturated carbocycles. The third kappa shape index (κ3) is 6.11. The molecule has 1 saturated heterocycles. The third-order valence-electron chi connectivity index (χ3n) is 5.18. The van der Waals surface area contributed by atoms with Crippen LogP contribution in [0.15, 0.2) is 42.5 Å². The largest absolute Gasteiger partial charge is 0.495 e. The van der Waals surface area contributed by atoms with E-state index in [9.17, 15) is 9.59 Å². The van der Waals surface area contributed by atoms with E-state index in [4.69, 9.17) is 32.7 Å². The number of hydrogen-bond acceptors (Lipinski definition) is 6. The molecule has 3 rings (SSSR count). The van der Waals surface area contributed by atoms with E-state index in [1.54, 1.807) is 30.3 Å². The summed E-state index contributed by atoms with van der Waals surface area (Å²) in [5.41, 5.74) is 1.45.